The minimum Gasteiger partial charge on any atom is -0.353 e. The molecule has 0 aromatic rings. The molecule has 1 aliphatic carbocycles. The molecule has 18 heavy (non-hydrogen) atoms. The molecular weight excluding hydrogens is 224 g/mol. The van der Waals surface area contributed by atoms with Crippen LogP contribution in [0.25, 0.3) is 0 Å². The molecule has 0 spiro atoms. The molecule has 3 nitrogen and oxygen atoms in total. The van der Waals surface area contributed by atoms with Gasteiger partial charge in [-0.2, -0.15) is 0 Å². The molecule has 1 unspecified atom stereocenters. The van der Waals surface area contributed by atoms with Gasteiger partial charge in [0.15, 0.2) is 0 Å². The first-order valence-electron chi connectivity index (χ1n) is 7.56. The monoisotopic (exact) mass is 254 g/mol. The van der Waals surface area contributed by atoms with Gasteiger partial charge in [-0.05, 0) is 37.6 Å². The third-order valence-electron chi connectivity index (χ3n) is 4.20. The zero-order valence-electron chi connectivity index (χ0n) is 12.1. The van der Waals surface area contributed by atoms with Gasteiger partial charge in [0.05, 0.1) is 0 Å². The van der Waals surface area contributed by atoms with E-state index in [0.29, 0.717) is 12.5 Å². The van der Waals surface area contributed by atoms with Crippen molar-refractivity contribution in [3.63, 3.8) is 0 Å². The number of nitrogens with one attached hydrogen (secondary N) is 1. The topological polar surface area (TPSA) is 55.1 Å². The fraction of sp³-hybridized carbons (Fsp3) is 0.933. The van der Waals surface area contributed by atoms with Gasteiger partial charge in [-0.25, -0.2) is 0 Å². The van der Waals surface area contributed by atoms with Crippen LogP contribution in [0.15, 0.2) is 0 Å². The highest BCUT2D eigenvalue weighted by Gasteiger charge is 2.32. The van der Waals surface area contributed by atoms with Crippen LogP contribution in [0.2, 0.25) is 0 Å². The molecule has 0 heterocycles. The Morgan fingerprint density at radius 2 is 1.94 bits per heavy atom. The Kier molecular flexibility index (Phi) is 6.69. The number of hydrogen-bond acceptors (Lipinski definition) is 2. The minimum atomic E-state index is 0.239. The van der Waals surface area contributed by atoms with Crippen LogP contribution in [0.1, 0.15) is 71.6 Å². The Hall–Kier alpha value is -0.570. The van der Waals surface area contributed by atoms with Crippen LogP contribution in [0.3, 0.4) is 0 Å². The van der Waals surface area contributed by atoms with Gasteiger partial charge in [-0.1, -0.05) is 39.5 Å². The van der Waals surface area contributed by atoms with Crippen LogP contribution in [0, 0.1) is 5.41 Å². The second-order valence-corrected chi connectivity index (χ2v) is 6.31. The van der Waals surface area contributed by atoms with Crippen molar-refractivity contribution in [3.05, 3.63) is 0 Å². The molecule has 0 aliphatic heterocycles. The molecule has 3 N–H and O–H groups in total. The van der Waals surface area contributed by atoms with Crippen molar-refractivity contribution < 1.29 is 4.79 Å². The zero-order valence-corrected chi connectivity index (χ0v) is 12.1. The lowest BCUT2D eigenvalue weighted by Crippen LogP contribution is -2.46. The summed E-state index contributed by atoms with van der Waals surface area (Å²) in [4.78, 5) is 11.9. The quantitative estimate of drug-likeness (QED) is 0.686. The first-order chi connectivity index (χ1) is 8.56. The molecule has 1 rings (SSSR count). The molecule has 0 radical (unpaired) electrons. The summed E-state index contributed by atoms with van der Waals surface area (Å²) in [5.41, 5.74) is 5.72. The van der Waals surface area contributed by atoms with E-state index < -0.39 is 0 Å². The average molecular weight is 254 g/mol. The molecule has 106 valence electrons. The maximum Gasteiger partial charge on any atom is 0.220 e. The average Bonchev–Trinajstić information content (AvgIpc) is 2.31. The van der Waals surface area contributed by atoms with Gasteiger partial charge < -0.3 is 11.1 Å². The summed E-state index contributed by atoms with van der Waals surface area (Å²) >= 11 is 0. The second kappa shape index (κ2) is 7.78. The maximum absolute atomic E-state index is 11.9. The van der Waals surface area contributed by atoms with Crippen LogP contribution in [-0.2, 0) is 4.79 Å². The van der Waals surface area contributed by atoms with Gasteiger partial charge in [-0.15, -0.1) is 0 Å². The molecule has 1 fully saturated rings. The number of rotatable bonds is 7. The summed E-state index contributed by atoms with van der Waals surface area (Å²) in [6.45, 7) is 5.32. The number of amides is 1. The molecule has 1 amide bonds. The standard InChI is InChI=1S/C15H30N2O/c1-15(2)11-7-6-9-13(15)17-14(18)10-5-3-4-8-12-16/h13H,3-12,16H2,1-2H3,(H,17,18). The molecule has 1 saturated carbocycles. The maximum atomic E-state index is 11.9. The lowest BCUT2D eigenvalue weighted by molar-refractivity contribution is -0.123. The minimum absolute atomic E-state index is 0.239. The highest BCUT2D eigenvalue weighted by atomic mass is 16.1. The SMILES string of the molecule is CC1(C)CCCCC1NC(=O)CCCCCCN. The van der Waals surface area contributed by atoms with Gasteiger partial charge in [-0.3, -0.25) is 4.79 Å². The number of nitrogens with two attached hydrogens (primary N) is 1. The zero-order chi connectivity index (χ0) is 13.4. The highest BCUT2D eigenvalue weighted by Crippen LogP contribution is 2.35. The highest BCUT2D eigenvalue weighted by molar-refractivity contribution is 5.76. The summed E-state index contributed by atoms with van der Waals surface area (Å²) in [5, 5.41) is 3.24. The fourth-order valence-electron chi connectivity index (χ4n) is 2.81. The summed E-state index contributed by atoms with van der Waals surface area (Å²) in [6, 6.07) is 0.378. The van der Waals surface area contributed by atoms with E-state index >= 15 is 0 Å². The van der Waals surface area contributed by atoms with Crippen LogP contribution >= 0.6 is 0 Å². The predicted octanol–water partition coefficient (Wildman–Crippen LogP) is 2.98. The Bertz CT molecular complexity index is 251. The van der Waals surface area contributed by atoms with E-state index in [4.69, 9.17) is 5.73 Å². The van der Waals surface area contributed by atoms with Gasteiger partial charge >= 0.3 is 0 Å². The summed E-state index contributed by atoms with van der Waals surface area (Å²) < 4.78 is 0. The smallest absolute Gasteiger partial charge is 0.220 e. The van der Waals surface area contributed by atoms with Crippen molar-refractivity contribution >= 4 is 5.91 Å². The van der Waals surface area contributed by atoms with Gasteiger partial charge in [0.2, 0.25) is 5.91 Å². The first-order valence-corrected chi connectivity index (χ1v) is 7.56. The Morgan fingerprint density at radius 3 is 2.61 bits per heavy atom. The van der Waals surface area contributed by atoms with E-state index in [1.54, 1.807) is 0 Å². The molecule has 1 aliphatic rings. The number of hydrogen-bond donors (Lipinski definition) is 2. The van der Waals surface area contributed by atoms with Crippen LogP contribution < -0.4 is 11.1 Å². The molecule has 0 aromatic carbocycles. The van der Waals surface area contributed by atoms with E-state index in [1.807, 2.05) is 0 Å². The number of carbonyl (C=O) groups excluding carboxylic acids is 1. The summed E-state index contributed by atoms with van der Waals surface area (Å²) in [5.74, 6) is 0.239. The predicted molar refractivity (Wildman–Crippen MR) is 76.3 cm³/mol. The van der Waals surface area contributed by atoms with Gasteiger partial charge in [0.1, 0.15) is 0 Å². The fourth-order valence-corrected chi connectivity index (χ4v) is 2.81. The van der Waals surface area contributed by atoms with E-state index in [2.05, 4.69) is 19.2 Å². The van der Waals surface area contributed by atoms with Gasteiger partial charge in [0, 0.05) is 12.5 Å². The first kappa shape index (κ1) is 15.5. The van der Waals surface area contributed by atoms with E-state index in [0.717, 1.165) is 38.6 Å². The summed E-state index contributed by atoms with van der Waals surface area (Å²) in [7, 11) is 0. The van der Waals surface area contributed by atoms with Gasteiger partial charge in [0.25, 0.3) is 0 Å². The van der Waals surface area contributed by atoms with Crippen molar-refractivity contribution in [1.29, 1.82) is 0 Å². The molecule has 0 saturated heterocycles. The van der Waals surface area contributed by atoms with Crippen LogP contribution in [0.4, 0.5) is 0 Å². The third kappa shape index (κ3) is 5.38. The normalized spacial score (nSPS) is 22.7. The largest absolute Gasteiger partial charge is 0.353 e. The lowest BCUT2D eigenvalue weighted by atomic mass is 9.73. The molecule has 3 heteroatoms. The van der Waals surface area contributed by atoms with Crippen molar-refractivity contribution in [2.75, 3.05) is 6.54 Å². The Balaban J connectivity index is 2.18. The van der Waals surface area contributed by atoms with Crippen LogP contribution in [-0.4, -0.2) is 18.5 Å². The van der Waals surface area contributed by atoms with Crippen LogP contribution in [0.5, 0.6) is 0 Å². The molecule has 1 atom stereocenters. The Morgan fingerprint density at radius 1 is 1.22 bits per heavy atom. The van der Waals surface area contributed by atoms with Crippen molar-refractivity contribution in [2.45, 2.75) is 77.7 Å². The van der Waals surface area contributed by atoms with E-state index in [1.165, 1.54) is 19.3 Å². The van der Waals surface area contributed by atoms with Crippen molar-refractivity contribution in [3.8, 4) is 0 Å². The second-order valence-electron chi connectivity index (χ2n) is 6.31. The molecule has 0 bridgehead atoms. The summed E-state index contributed by atoms with van der Waals surface area (Å²) in [6.07, 6.45) is 9.97. The number of carbonyl (C=O) groups is 1. The Labute approximate surface area is 112 Å². The molecule has 0 aromatic heterocycles. The van der Waals surface area contributed by atoms with Crippen molar-refractivity contribution in [1.82, 2.24) is 5.32 Å². The van der Waals surface area contributed by atoms with E-state index in [9.17, 15) is 4.79 Å². The third-order valence-corrected chi connectivity index (χ3v) is 4.20. The number of unbranched alkanes of at least 4 members (excludes halogenated alkanes) is 3. The lowest BCUT2D eigenvalue weighted by Gasteiger charge is -2.39. The molecular formula is C15H30N2O. The van der Waals surface area contributed by atoms with E-state index in [-0.39, 0.29) is 11.3 Å². The van der Waals surface area contributed by atoms with Crippen molar-refractivity contribution in [2.24, 2.45) is 11.1 Å².